The summed E-state index contributed by atoms with van der Waals surface area (Å²) in [6.45, 7) is 5.38. The zero-order valence-corrected chi connectivity index (χ0v) is 9.34. The number of aromatic nitrogens is 4. The van der Waals surface area contributed by atoms with E-state index in [4.69, 9.17) is 4.74 Å². The fraction of sp³-hybridized carbons (Fsp3) is 0.400. The van der Waals surface area contributed by atoms with Crippen molar-refractivity contribution in [1.82, 2.24) is 20.0 Å². The molecule has 0 atom stereocenters. The van der Waals surface area contributed by atoms with Crippen LogP contribution in [0.3, 0.4) is 0 Å². The lowest BCUT2D eigenvalue weighted by atomic mass is 10.2. The van der Waals surface area contributed by atoms with E-state index in [2.05, 4.69) is 15.3 Å². The molecule has 0 aliphatic carbocycles. The summed E-state index contributed by atoms with van der Waals surface area (Å²) in [7, 11) is 0. The number of nitrogens with zero attached hydrogens (tertiary/aromatic N) is 4. The minimum atomic E-state index is -0.558. The Morgan fingerprint density at radius 2 is 2.19 bits per heavy atom. The second kappa shape index (κ2) is 3.55. The number of carbonyl (C=O) groups is 1. The minimum Gasteiger partial charge on any atom is -0.442 e. The Morgan fingerprint density at radius 1 is 1.44 bits per heavy atom. The van der Waals surface area contributed by atoms with Crippen LogP contribution in [-0.4, -0.2) is 31.7 Å². The maximum Gasteiger partial charge on any atom is 0.437 e. The molecule has 6 nitrogen and oxygen atoms in total. The number of fused-ring (bicyclic) bond motifs is 1. The molecule has 0 unspecified atom stereocenters. The first-order valence-electron chi connectivity index (χ1n) is 4.87. The van der Waals surface area contributed by atoms with Crippen LogP contribution in [0.4, 0.5) is 4.79 Å². The topological polar surface area (TPSA) is 69.9 Å². The Hall–Kier alpha value is -1.98. The molecule has 6 heteroatoms. The summed E-state index contributed by atoms with van der Waals surface area (Å²) in [6.07, 6.45) is 1.04. The fourth-order valence-electron chi connectivity index (χ4n) is 1.21. The predicted octanol–water partition coefficient (Wildman–Crippen LogP) is 1.61. The maximum atomic E-state index is 11.7. The van der Waals surface area contributed by atoms with Gasteiger partial charge in [0.1, 0.15) is 11.1 Å². The molecule has 0 bridgehead atoms. The zero-order chi connectivity index (χ0) is 11.8. The van der Waals surface area contributed by atoms with Crippen molar-refractivity contribution in [3.63, 3.8) is 0 Å². The number of hydrogen-bond donors (Lipinski definition) is 0. The average Bonchev–Trinajstić information content (AvgIpc) is 2.58. The highest BCUT2D eigenvalue weighted by molar-refractivity contribution is 5.82. The second-order valence-corrected chi connectivity index (χ2v) is 4.33. The zero-order valence-electron chi connectivity index (χ0n) is 9.34. The molecule has 2 aromatic heterocycles. The molecule has 0 spiro atoms. The number of carbonyl (C=O) groups excluding carboxylic acids is 1. The molecule has 0 N–H and O–H groups in total. The Morgan fingerprint density at radius 3 is 2.88 bits per heavy atom. The van der Waals surface area contributed by atoms with Crippen LogP contribution >= 0.6 is 0 Å². The molecule has 0 saturated carbocycles. The first-order valence-corrected chi connectivity index (χ1v) is 4.87. The Kier molecular flexibility index (Phi) is 2.34. The van der Waals surface area contributed by atoms with Crippen LogP contribution in [0.2, 0.25) is 0 Å². The van der Waals surface area contributed by atoms with E-state index < -0.39 is 11.7 Å². The van der Waals surface area contributed by atoms with Gasteiger partial charge in [0.15, 0.2) is 0 Å². The van der Waals surface area contributed by atoms with Gasteiger partial charge in [-0.2, -0.15) is 0 Å². The van der Waals surface area contributed by atoms with Crippen LogP contribution < -0.4 is 0 Å². The number of rotatable bonds is 0. The first kappa shape index (κ1) is 10.5. The lowest BCUT2D eigenvalue weighted by molar-refractivity contribution is 0.0519. The van der Waals surface area contributed by atoms with E-state index in [1.165, 1.54) is 0 Å². The monoisotopic (exact) mass is 220 g/mol. The Labute approximate surface area is 92.2 Å². The third kappa shape index (κ3) is 2.00. The van der Waals surface area contributed by atoms with Crippen molar-refractivity contribution in [2.45, 2.75) is 26.4 Å². The molecule has 0 aromatic carbocycles. The van der Waals surface area contributed by atoms with E-state index in [1.54, 1.807) is 39.1 Å². The number of ether oxygens (including phenoxy) is 1. The van der Waals surface area contributed by atoms with Gasteiger partial charge in [-0.05, 0) is 32.9 Å². The van der Waals surface area contributed by atoms with Crippen molar-refractivity contribution in [1.29, 1.82) is 0 Å². The van der Waals surface area contributed by atoms with Gasteiger partial charge in [0, 0.05) is 6.20 Å². The van der Waals surface area contributed by atoms with Gasteiger partial charge >= 0.3 is 6.09 Å². The summed E-state index contributed by atoms with van der Waals surface area (Å²) in [5, 5.41) is 7.48. The highest BCUT2D eigenvalue weighted by Gasteiger charge is 2.20. The smallest absolute Gasteiger partial charge is 0.437 e. The van der Waals surface area contributed by atoms with Crippen molar-refractivity contribution in [3.05, 3.63) is 18.3 Å². The SMILES string of the molecule is CC(C)(C)OC(=O)n1nnc2ncccc21. The van der Waals surface area contributed by atoms with Gasteiger partial charge in [0.25, 0.3) is 0 Å². The summed E-state index contributed by atoms with van der Waals surface area (Å²) in [5.41, 5.74) is 0.405. The summed E-state index contributed by atoms with van der Waals surface area (Å²) in [4.78, 5) is 15.7. The molecule has 0 saturated heterocycles. The van der Waals surface area contributed by atoms with Crippen molar-refractivity contribution >= 4 is 17.3 Å². The predicted molar refractivity (Wildman–Crippen MR) is 57.0 cm³/mol. The molecule has 0 radical (unpaired) electrons. The van der Waals surface area contributed by atoms with E-state index in [0.717, 1.165) is 4.68 Å². The quantitative estimate of drug-likeness (QED) is 0.674. The van der Waals surface area contributed by atoms with Gasteiger partial charge in [-0.1, -0.05) is 5.21 Å². The standard InChI is InChI=1S/C10H12N4O2/c1-10(2,3)16-9(15)14-7-5-4-6-11-8(7)12-13-14/h4-6H,1-3H3. The van der Waals surface area contributed by atoms with Crippen molar-refractivity contribution in [2.24, 2.45) is 0 Å². The van der Waals surface area contributed by atoms with Gasteiger partial charge in [0.05, 0.1) is 0 Å². The van der Waals surface area contributed by atoms with Gasteiger partial charge in [-0.15, -0.1) is 9.78 Å². The van der Waals surface area contributed by atoms with E-state index in [9.17, 15) is 4.79 Å². The molecule has 0 aliphatic rings. The van der Waals surface area contributed by atoms with E-state index in [0.29, 0.717) is 11.2 Å². The summed E-state index contributed by atoms with van der Waals surface area (Å²) in [6, 6.07) is 3.43. The van der Waals surface area contributed by atoms with E-state index in [1.807, 2.05) is 0 Å². The van der Waals surface area contributed by atoms with Gasteiger partial charge in [0.2, 0.25) is 5.65 Å². The highest BCUT2D eigenvalue weighted by atomic mass is 16.6. The van der Waals surface area contributed by atoms with Crippen molar-refractivity contribution < 1.29 is 9.53 Å². The molecule has 2 heterocycles. The third-order valence-electron chi connectivity index (χ3n) is 1.79. The summed E-state index contributed by atoms with van der Waals surface area (Å²) >= 11 is 0. The lowest BCUT2D eigenvalue weighted by Crippen LogP contribution is -2.27. The van der Waals surface area contributed by atoms with E-state index in [-0.39, 0.29) is 0 Å². The van der Waals surface area contributed by atoms with Gasteiger partial charge < -0.3 is 4.74 Å². The van der Waals surface area contributed by atoms with Crippen LogP contribution in [0.15, 0.2) is 18.3 Å². The molecule has 2 aromatic rings. The fourth-order valence-corrected chi connectivity index (χ4v) is 1.21. The summed E-state index contributed by atoms with van der Waals surface area (Å²) in [5.74, 6) is 0. The second-order valence-electron chi connectivity index (χ2n) is 4.33. The molecule has 16 heavy (non-hydrogen) atoms. The molecule has 0 aliphatic heterocycles. The molecule has 0 fully saturated rings. The molecular weight excluding hydrogens is 208 g/mol. The normalized spacial score (nSPS) is 11.7. The van der Waals surface area contributed by atoms with Gasteiger partial charge in [-0.3, -0.25) is 0 Å². The molecular formula is C10H12N4O2. The maximum absolute atomic E-state index is 11.7. The largest absolute Gasteiger partial charge is 0.442 e. The summed E-state index contributed by atoms with van der Waals surface area (Å²) < 4.78 is 6.29. The minimum absolute atomic E-state index is 0.424. The van der Waals surface area contributed by atoms with Gasteiger partial charge in [-0.25, -0.2) is 9.78 Å². The van der Waals surface area contributed by atoms with Crippen LogP contribution in [0, 0.1) is 0 Å². The Bertz CT molecular complexity index is 527. The van der Waals surface area contributed by atoms with Crippen LogP contribution in [0.1, 0.15) is 20.8 Å². The molecule has 0 amide bonds. The molecule has 84 valence electrons. The average molecular weight is 220 g/mol. The van der Waals surface area contributed by atoms with Crippen LogP contribution in [0.5, 0.6) is 0 Å². The van der Waals surface area contributed by atoms with Crippen molar-refractivity contribution in [3.8, 4) is 0 Å². The first-order chi connectivity index (χ1) is 7.47. The Balaban J connectivity index is 2.37. The van der Waals surface area contributed by atoms with Crippen LogP contribution in [-0.2, 0) is 4.74 Å². The van der Waals surface area contributed by atoms with E-state index >= 15 is 0 Å². The van der Waals surface area contributed by atoms with Crippen molar-refractivity contribution in [2.75, 3.05) is 0 Å². The highest BCUT2D eigenvalue weighted by Crippen LogP contribution is 2.12. The lowest BCUT2D eigenvalue weighted by Gasteiger charge is -2.18. The molecule has 2 rings (SSSR count). The third-order valence-corrected chi connectivity index (χ3v) is 1.79. The van der Waals surface area contributed by atoms with Crippen LogP contribution in [0.25, 0.3) is 11.2 Å². The number of pyridine rings is 1. The number of hydrogen-bond acceptors (Lipinski definition) is 5.